The van der Waals surface area contributed by atoms with E-state index in [0.29, 0.717) is 30.5 Å². The molecule has 3 rings (SSSR count). The second kappa shape index (κ2) is 8.94. The highest BCUT2D eigenvalue weighted by molar-refractivity contribution is 6.30. The molecule has 1 aliphatic heterocycles. The number of ether oxygens (including phenoxy) is 1. The van der Waals surface area contributed by atoms with Gasteiger partial charge in [0.2, 0.25) is 11.6 Å². The van der Waals surface area contributed by atoms with Crippen LogP contribution in [0.15, 0.2) is 24.5 Å². The van der Waals surface area contributed by atoms with E-state index in [4.69, 9.17) is 16.3 Å². The van der Waals surface area contributed by atoms with Gasteiger partial charge in [-0.1, -0.05) is 11.6 Å². The molecular weight excluding hydrogens is 372 g/mol. The van der Waals surface area contributed by atoms with Gasteiger partial charge in [0, 0.05) is 36.9 Å². The zero-order chi connectivity index (χ0) is 19.2. The zero-order valence-corrected chi connectivity index (χ0v) is 15.7. The number of nitrogens with zero attached hydrogens (tertiary/aromatic N) is 4. The summed E-state index contributed by atoms with van der Waals surface area (Å²) in [6.45, 7) is 6.29. The van der Waals surface area contributed by atoms with Gasteiger partial charge < -0.3 is 15.4 Å². The van der Waals surface area contributed by atoms with Crippen molar-refractivity contribution in [2.45, 2.75) is 6.92 Å². The molecule has 1 fully saturated rings. The Labute approximate surface area is 161 Å². The number of anilines is 3. The second-order valence-electron chi connectivity index (χ2n) is 6.14. The lowest BCUT2D eigenvalue weighted by Gasteiger charge is -2.26. The quantitative estimate of drug-likeness (QED) is 0.547. The van der Waals surface area contributed by atoms with E-state index in [1.54, 1.807) is 18.2 Å². The molecule has 0 spiro atoms. The molecule has 0 amide bonds. The van der Waals surface area contributed by atoms with Crippen molar-refractivity contribution in [2.75, 3.05) is 50.0 Å². The minimum Gasteiger partial charge on any atom is -0.379 e. The van der Waals surface area contributed by atoms with E-state index in [1.807, 2.05) is 6.92 Å². The third-order valence-corrected chi connectivity index (χ3v) is 4.51. The highest BCUT2D eigenvalue weighted by Crippen LogP contribution is 2.32. The van der Waals surface area contributed by atoms with Crippen molar-refractivity contribution in [2.24, 2.45) is 0 Å². The van der Waals surface area contributed by atoms with E-state index in [0.717, 1.165) is 25.2 Å². The van der Waals surface area contributed by atoms with Crippen LogP contribution in [0.1, 0.15) is 5.56 Å². The Morgan fingerprint density at radius 3 is 2.74 bits per heavy atom. The molecule has 9 nitrogen and oxygen atoms in total. The summed E-state index contributed by atoms with van der Waals surface area (Å²) >= 11 is 5.96. The number of aryl methyl sites for hydroxylation is 1. The molecular formula is C17H21ClN6O3. The lowest BCUT2D eigenvalue weighted by atomic mass is 10.2. The predicted octanol–water partition coefficient (Wildman–Crippen LogP) is 2.83. The Bertz CT molecular complexity index is 813. The maximum Gasteiger partial charge on any atom is 0.353 e. The van der Waals surface area contributed by atoms with Gasteiger partial charge in [0.25, 0.3) is 0 Å². The van der Waals surface area contributed by atoms with E-state index in [1.165, 1.54) is 6.33 Å². The summed E-state index contributed by atoms with van der Waals surface area (Å²) < 4.78 is 5.32. The standard InChI is InChI=1S/C17H21ClN6O3/c1-12-10-13(18)2-3-14(12)22-17-15(24(25)26)16(20-11-21-17)19-4-5-23-6-8-27-9-7-23/h2-3,10-11H,4-9H2,1H3,(H2,19,20,21,22). The third kappa shape index (κ3) is 5.03. The molecule has 1 aromatic heterocycles. The van der Waals surface area contributed by atoms with E-state index in [9.17, 15) is 10.1 Å². The number of aromatic nitrogens is 2. The first-order valence-electron chi connectivity index (χ1n) is 8.61. The zero-order valence-electron chi connectivity index (χ0n) is 14.9. The average molecular weight is 393 g/mol. The average Bonchev–Trinajstić information content (AvgIpc) is 2.65. The normalized spacial score (nSPS) is 14.7. The molecule has 0 bridgehead atoms. The van der Waals surface area contributed by atoms with Crippen LogP contribution in [0.3, 0.4) is 0 Å². The minimum atomic E-state index is -0.481. The Morgan fingerprint density at radius 1 is 1.30 bits per heavy atom. The number of hydrogen-bond acceptors (Lipinski definition) is 8. The first-order chi connectivity index (χ1) is 13.0. The monoisotopic (exact) mass is 392 g/mol. The summed E-state index contributed by atoms with van der Waals surface area (Å²) in [6.07, 6.45) is 1.30. The van der Waals surface area contributed by atoms with Crippen molar-refractivity contribution >= 4 is 34.6 Å². The fraction of sp³-hybridized carbons (Fsp3) is 0.412. The summed E-state index contributed by atoms with van der Waals surface area (Å²) in [4.78, 5) is 21.5. The fourth-order valence-electron chi connectivity index (χ4n) is 2.82. The van der Waals surface area contributed by atoms with Crippen LogP contribution >= 0.6 is 11.6 Å². The molecule has 0 radical (unpaired) electrons. The third-order valence-electron chi connectivity index (χ3n) is 4.27. The molecule has 0 unspecified atom stereocenters. The van der Waals surface area contributed by atoms with E-state index in [-0.39, 0.29) is 17.3 Å². The van der Waals surface area contributed by atoms with E-state index in [2.05, 4.69) is 25.5 Å². The Morgan fingerprint density at radius 2 is 2.04 bits per heavy atom. The van der Waals surface area contributed by atoms with E-state index < -0.39 is 4.92 Å². The Hall–Kier alpha value is -2.49. The highest BCUT2D eigenvalue weighted by Gasteiger charge is 2.23. The van der Waals surface area contributed by atoms with Crippen LogP contribution in [0, 0.1) is 17.0 Å². The number of hydrogen-bond donors (Lipinski definition) is 2. The molecule has 27 heavy (non-hydrogen) atoms. The summed E-state index contributed by atoms with van der Waals surface area (Å²) in [6, 6.07) is 5.25. The SMILES string of the molecule is Cc1cc(Cl)ccc1Nc1ncnc(NCCN2CCOCC2)c1[N+](=O)[O-]. The molecule has 1 aliphatic rings. The van der Waals surface area contributed by atoms with Gasteiger partial charge in [-0.3, -0.25) is 15.0 Å². The van der Waals surface area contributed by atoms with Crippen LogP contribution < -0.4 is 10.6 Å². The van der Waals surface area contributed by atoms with E-state index >= 15 is 0 Å². The maximum atomic E-state index is 11.6. The van der Waals surface area contributed by atoms with Crippen LogP contribution in [0.5, 0.6) is 0 Å². The van der Waals surface area contributed by atoms with Crippen LogP contribution in [-0.2, 0) is 4.74 Å². The largest absolute Gasteiger partial charge is 0.379 e. The Kier molecular flexibility index (Phi) is 6.38. The molecule has 2 heterocycles. The first kappa shape index (κ1) is 19.3. The van der Waals surface area contributed by atoms with Crippen LogP contribution in [0.2, 0.25) is 5.02 Å². The van der Waals surface area contributed by atoms with Crippen LogP contribution in [-0.4, -0.2) is 59.2 Å². The number of rotatable bonds is 7. The van der Waals surface area contributed by atoms with Crippen LogP contribution in [0.25, 0.3) is 0 Å². The number of morpholine rings is 1. The molecule has 0 saturated carbocycles. The van der Waals surface area contributed by atoms with Gasteiger partial charge in [-0.25, -0.2) is 9.97 Å². The van der Waals surface area contributed by atoms with Crippen molar-refractivity contribution in [3.05, 3.63) is 45.2 Å². The first-order valence-corrected chi connectivity index (χ1v) is 8.99. The van der Waals surface area contributed by atoms with Crippen LogP contribution in [0.4, 0.5) is 23.0 Å². The van der Waals surface area contributed by atoms with Gasteiger partial charge in [0.1, 0.15) is 6.33 Å². The summed E-state index contributed by atoms with van der Waals surface area (Å²) in [5.41, 5.74) is 1.37. The molecule has 1 saturated heterocycles. The van der Waals surface area contributed by atoms with Crippen molar-refractivity contribution in [1.82, 2.24) is 14.9 Å². The molecule has 2 N–H and O–H groups in total. The van der Waals surface area contributed by atoms with Gasteiger partial charge >= 0.3 is 5.69 Å². The molecule has 10 heteroatoms. The van der Waals surface area contributed by atoms with Crippen molar-refractivity contribution in [1.29, 1.82) is 0 Å². The number of nitro groups is 1. The highest BCUT2D eigenvalue weighted by atomic mass is 35.5. The summed E-state index contributed by atoms with van der Waals surface area (Å²) in [5.74, 6) is 0.326. The molecule has 0 aliphatic carbocycles. The molecule has 144 valence electrons. The Balaban J connectivity index is 1.74. The molecule has 1 aromatic carbocycles. The topological polar surface area (TPSA) is 105 Å². The van der Waals surface area contributed by atoms with Gasteiger partial charge in [0.05, 0.1) is 18.1 Å². The van der Waals surface area contributed by atoms with Crippen molar-refractivity contribution < 1.29 is 9.66 Å². The predicted molar refractivity (Wildman–Crippen MR) is 104 cm³/mol. The van der Waals surface area contributed by atoms with Gasteiger partial charge in [-0.05, 0) is 30.7 Å². The lowest BCUT2D eigenvalue weighted by Crippen LogP contribution is -2.39. The number of nitrogens with one attached hydrogen (secondary N) is 2. The smallest absolute Gasteiger partial charge is 0.353 e. The maximum absolute atomic E-state index is 11.6. The molecule has 0 atom stereocenters. The summed E-state index contributed by atoms with van der Waals surface area (Å²) in [7, 11) is 0. The lowest BCUT2D eigenvalue weighted by molar-refractivity contribution is -0.383. The molecule has 2 aromatic rings. The second-order valence-corrected chi connectivity index (χ2v) is 6.58. The van der Waals surface area contributed by atoms with Gasteiger partial charge in [-0.15, -0.1) is 0 Å². The van der Waals surface area contributed by atoms with Gasteiger partial charge in [-0.2, -0.15) is 0 Å². The fourth-order valence-corrected chi connectivity index (χ4v) is 3.05. The van der Waals surface area contributed by atoms with Gasteiger partial charge in [0.15, 0.2) is 0 Å². The van der Waals surface area contributed by atoms with Crippen molar-refractivity contribution in [3.63, 3.8) is 0 Å². The van der Waals surface area contributed by atoms with Crippen molar-refractivity contribution in [3.8, 4) is 0 Å². The number of benzene rings is 1. The number of halogens is 1. The minimum absolute atomic E-state index is 0.134. The summed E-state index contributed by atoms with van der Waals surface area (Å²) in [5, 5.41) is 18.3.